The van der Waals surface area contributed by atoms with Crippen molar-refractivity contribution in [2.24, 2.45) is 0 Å². The second-order valence-corrected chi connectivity index (χ2v) is 13.1. The number of rotatable bonds is 9. The van der Waals surface area contributed by atoms with Crippen LogP contribution >= 0.6 is 11.3 Å². The van der Waals surface area contributed by atoms with Gasteiger partial charge in [0.2, 0.25) is 10.0 Å². The minimum absolute atomic E-state index is 0.0743. The number of thiazole rings is 1. The summed E-state index contributed by atoms with van der Waals surface area (Å²) in [6, 6.07) is 7.31. The number of morpholine rings is 1. The standard InChI is InChI=1S/C26H33N5O5S2/c1-16(2)38(34,35)31-14-20(9-17(31)3)26(33)27-11-21(32)10-25-29-23(15-37-25)22-7-6-8-24(28-22)30-12-18(4)36-19(5)13-30/h6-9,14-16,18-19H,10-13H2,1-5H3,(H,27,33)/t18-,19+. The highest BCUT2D eigenvalue weighted by molar-refractivity contribution is 7.90. The van der Waals surface area contributed by atoms with Crippen LogP contribution < -0.4 is 10.2 Å². The van der Waals surface area contributed by atoms with Gasteiger partial charge in [-0.2, -0.15) is 0 Å². The third kappa shape index (κ3) is 6.30. The molecule has 1 aliphatic heterocycles. The van der Waals surface area contributed by atoms with Crippen molar-refractivity contribution in [2.45, 2.75) is 58.5 Å². The third-order valence-corrected chi connectivity index (χ3v) is 9.17. The van der Waals surface area contributed by atoms with Gasteiger partial charge in [0.05, 0.1) is 47.4 Å². The highest BCUT2D eigenvalue weighted by Crippen LogP contribution is 2.25. The predicted octanol–water partition coefficient (Wildman–Crippen LogP) is 3.06. The van der Waals surface area contributed by atoms with Gasteiger partial charge in [-0.3, -0.25) is 9.59 Å². The smallest absolute Gasteiger partial charge is 0.253 e. The minimum atomic E-state index is -3.58. The lowest BCUT2D eigenvalue weighted by molar-refractivity contribution is -0.117. The zero-order valence-electron chi connectivity index (χ0n) is 22.2. The predicted molar refractivity (Wildman–Crippen MR) is 147 cm³/mol. The molecule has 0 aliphatic carbocycles. The van der Waals surface area contributed by atoms with Crippen LogP contribution in [-0.2, 0) is 26.0 Å². The first-order chi connectivity index (χ1) is 17.9. The van der Waals surface area contributed by atoms with Crippen LogP contribution in [0.25, 0.3) is 11.4 Å². The molecule has 1 aliphatic rings. The summed E-state index contributed by atoms with van der Waals surface area (Å²) in [6.45, 7) is 10.2. The monoisotopic (exact) mass is 559 g/mol. The number of pyridine rings is 1. The molecule has 38 heavy (non-hydrogen) atoms. The molecular weight excluding hydrogens is 526 g/mol. The summed E-state index contributed by atoms with van der Waals surface area (Å²) in [6.07, 6.45) is 1.61. The van der Waals surface area contributed by atoms with Crippen LogP contribution in [0.5, 0.6) is 0 Å². The fourth-order valence-electron chi connectivity index (χ4n) is 4.31. The van der Waals surface area contributed by atoms with Gasteiger partial charge in [-0.15, -0.1) is 11.3 Å². The average Bonchev–Trinajstić information content (AvgIpc) is 3.49. The second kappa shape index (κ2) is 11.3. The van der Waals surface area contributed by atoms with Gasteiger partial charge in [-0.1, -0.05) is 6.07 Å². The number of carbonyl (C=O) groups excluding carboxylic acids is 2. The molecule has 3 aromatic rings. The van der Waals surface area contributed by atoms with Gasteiger partial charge >= 0.3 is 0 Å². The molecule has 0 radical (unpaired) electrons. The van der Waals surface area contributed by atoms with E-state index in [4.69, 9.17) is 9.72 Å². The molecule has 1 N–H and O–H groups in total. The molecule has 4 heterocycles. The molecule has 0 aromatic carbocycles. The third-order valence-electron chi connectivity index (χ3n) is 6.19. The number of ketones is 1. The van der Waals surface area contributed by atoms with Crippen molar-refractivity contribution in [3.8, 4) is 11.4 Å². The largest absolute Gasteiger partial charge is 0.372 e. The molecule has 3 aromatic heterocycles. The van der Waals surface area contributed by atoms with Crippen LogP contribution in [-0.4, -0.2) is 71.1 Å². The summed E-state index contributed by atoms with van der Waals surface area (Å²) in [7, 11) is -3.58. The Morgan fingerprint density at radius 2 is 1.87 bits per heavy atom. The van der Waals surface area contributed by atoms with Crippen LogP contribution in [0.1, 0.15) is 48.8 Å². The molecule has 0 spiro atoms. The molecule has 0 saturated carbocycles. The van der Waals surface area contributed by atoms with Crippen LogP contribution in [0.3, 0.4) is 0 Å². The molecule has 10 nitrogen and oxygen atoms in total. The lowest BCUT2D eigenvalue weighted by Crippen LogP contribution is -2.45. The number of anilines is 1. The second-order valence-electron chi connectivity index (χ2n) is 9.83. The molecule has 2 atom stereocenters. The van der Waals surface area contributed by atoms with Crippen LogP contribution in [0.2, 0.25) is 0 Å². The number of Topliss-reactive ketones (excluding diaryl/α,β-unsaturated/α-hetero) is 1. The van der Waals surface area contributed by atoms with Crippen molar-refractivity contribution in [2.75, 3.05) is 24.5 Å². The number of ether oxygens (including phenoxy) is 1. The topological polar surface area (TPSA) is 123 Å². The molecule has 0 bridgehead atoms. The van der Waals surface area contributed by atoms with Gasteiger partial charge in [0.1, 0.15) is 10.8 Å². The van der Waals surface area contributed by atoms with Crippen molar-refractivity contribution in [1.82, 2.24) is 19.3 Å². The Kier molecular flexibility index (Phi) is 8.34. The molecule has 1 amide bonds. The Morgan fingerprint density at radius 3 is 2.55 bits per heavy atom. The average molecular weight is 560 g/mol. The van der Waals surface area contributed by atoms with Gasteiger partial charge < -0.3 is 15.0 Å². The Morgan fingerprint density at radius 1 is 1.16 bits per heavy atom. The molecule has 0 unspecified atom stereocenters. The molecule has 12 heteroatoms. The van der Waals surface area contributed by atoms with E-state index in [2.05, 4.69) is 15.2 Å². The number of hydrogen-bond acceptors (Lipinski definition) is 9. The van der Waals surface area contributed by atoms with E-state index in [1.165, 1.54) is 23.6 Å². The van der Waals surface area contributed by atoms with Crippen molar-refractivity contribution >= 4 is 38.9 Å². The molecule has 204 valence electrons. The summed E-state index contributed by atoms with van der Waals surface area (Å²) in [5, 5.41) is 4.46. The highest BCUT2D eigenvalue weighted by Gasteiger charge is 2.24. The van der Waals surface area contributed by atoms with Crippen molar-refractivity contribution in [3.05, 3.63) is 52.1 Å². The molecule has 1 fully saturated rings. The van der Waals surface area contributed by atoms with Gasteiger partial charge in [-0.25, -0.2) is 22.4 Å². The van der Waals surface area contributed by atoms with E-state index in [0.717, 1.165) is 28.6 Å². The molecule has 4 rings (SSSR count). The number of aromatic nitrogens is 3. The maximum absolute atomic E-state index is 12.6. The SMILES string of the molecule is Cc1cc(C(=O)NCC(=O)Cc2nc(-c3cccc(N4C[C@@H](C)O[C@@H](C)C4)n3)cs2)cn1S(=O)(=O)C(C)C. The number of nitrogens with zero attached hydrogens (tertiary/aromatic N) is 4. The molecule has 1 saturated heterocycles. The number of aryl methyl sites for hydroxylation is 1. The zero-order valence-corrected chi connectivity index (χ0v) is 23.8. The van der Waals surface area contributed by atoms with Crippen LogP contribution in [0.4, 0.5) is 5.82 Å². The lowest BCUT2D eigenvalue weighted by atomic mass is 10.2. The van der Waals surface area contributed by atoms with E-state index in [1.54, 1.807) is 20.8 Å². The number of amides is 1. The van der Waals surface area contributed by atoms with Crippen molar-refractivity contribution in [3.63, 3.8) is 0 Å². The number of carbonyl (C=O) groups is 2. The van der Waals surface area contributed by atoms with Gasteiger partial charge in [0.25, 0.3) is 5.91 Å². The minimum Gasteiger partial charge on any atom is -0.372 e. The Hall–Kier alpha value is -3.09. The van der Waals surface area contributed by atoms with Gasteiger partial charge in [-0.05, 0) is 52.8 Å². The first kappa shape index (κ1) is 27.9. The summed E-state index contributed by atoms with van der Waals surface area (Å²) >= 11 is 1.37. The van der Waals surface area contributed by atoms with E-state index in [9.17, 15) is 18.0 Å². The van der Waals surface area contributed by atoms with E-state index >= 15 is 0 Å². The molecular formula is C26H33N5O5S2. The maximum atomic E-state index is 12.6. The first-order valence-corrected chi connectivity index (χ1v) is 14.9. The fourth-order valence-corrected chi connectivity index (χ4v) is 6.29. The van der Waals surface area contributed by atoms with E-state index < -0.39 is 21.2 Å². The first-order valence-electron chi connectivity index (χ1n) is 12.5. The van der Waals surface area contributed by atoms with Gasteiger partial charge in [0.15, 0.2) is 5.78 Å². The van der Waals surface area contributed by atoms with Crippen molar-refractivity contribution < 1.29 is 22.7 Å². The Bertz CT molecular complexity index is 1420. The van der Waals surface area contributed by atoms with Crippen LogP contribution in [0.15, 0.2) is 35.8 Å². The van der Waals surface area contributed by atoms with E-state index in [0.29, 0.717) is 16.4 Å². The van der Waals surface area contributed by atoms with E-state index in [-0.39, 0.29) is 36.5 Å². The normalized spacial score (nSPS) is 18.1. The summed E-state index contributed by atoms with van der Waals surface area (Å²) in [5.41, 5.74) is 2.04. The number of nitrogens with one attached hydrogen (secondary N) is 1. The van der Waals surface area contributed by atoms with Crippen LogP contribution in [0, 0.1) is 6.92 Å². The maximum Gasteiger partial charge on any atom is 0.253 e. The quantitative estimate of drug-likeness (QED) is 0.424. The number of hydrogen-bond donors (Lipinski definition) is 1. The zero-order chi connectivity index (χ0) is 27.6. The lowest BCUT2D eigenvalue weighted by Gasteiger charge is -2.36. The Labute approximate surface area is 227 Å². The summed E-state index contributed by atoms with van der Waals surface area (Å²) in [4.78, 5) is 36.7. The summed E-state index contributed by atoms with van der Waals surface area (Å²) in [5.74, 6) is 0.151. The Balaban J connectivity index is 1.35. The van der Waals surface area contributed by atoms with E-state index in [1.807, 2.05) is 37.4 Å². The highest BCUT2D eigenvalue weighted by atomic mass is 32.2. The van der Waals surface area contributed by atoms with Gasteiger partial charge in [0, 0.05) is 30.4 Å². The summed E-state index contributed by atoms with van der Waals surface area (Å²) < 4.78 is 31.8. The van der Waals surface area contributed by atoms with Crippen molar-refractivity contribution in [1.29, 1.82) is 0 Å². The fraction of sp³-hybridized carbons (Fsp3) is 0.462.